The van der Waals surface area contributed by atoms with E-state index in [-0.39, 0.29) is 5.60 Å². The van der Waals surface area contributed by atoms with Gasteiger partial charge in [0.2, 0.25) is 6.54 Å². The zero-order chi connectivity index (χ0) is 12.8. The van der Waals surface area contributed by atoms with Crippen LogP contribution in [0.5, 0.6) is 0 Å². The third-order valence-corrected chi connectivity index (χ3v) is 5.34. The Morgan fingerprint density at radius 2 is 2.11 bits per heavy atom. The highest BCUT2D eigenvalue weighted by molar-refractivity contribution is 5.07. The van der Waals surface area contributed by atoms with E-state index in [1.165, 1.54) is 0 Å². The van der Waals surface area contributed by atoms with E-state index >= 15 is 0 Å². The lowest BCUT2D eigenvalue weighted by Gasteiger charge is -2.45. The molecular formula is C15H23NO2. The minimum Gasteiger partial charge on any atom is -0.372 e. The molecule has 2 aliphatic heterocycles. The molecule has 100 valence electrons. The van der Waals surface area contributed by atoms with Gasteiger partial charge in [-0.3, -0.25) is 0 Å². The predicted molar refractivity (Wildman–Crippen MR) is 69.1 cm³/mol. The normalized spacial score (nSPS) is 50.6. The van der Waals surface area contributed by atoms with Gasteiger partial charge in [-0.1, -0.05) is 13.8 Å². The minimum atomic E-state index is -0.0124. The molecule has 3 aliphatic rings. The number of hydrogen-bond acceptors (Lipinski definition) is 2. The Morgan fingerprint density at radius 1 is 1.28 bits per heavy atom. The molecule has 0 aromatic heterocycles. The van der Waals surface area contributed by atoms with Crippen molar-refractivity contribution in [2.75, 3.05) is 6.54 Å². The van der Waals surface area contributed by atoms with E-state index in [9.17, 15) is 0 Å². The zero-order valence-electron chi connectivity index (χ0n) is 11.4. The molecule has 1 saturated carbocycles. The molecule has 0 amide bonds. The number of rotatable bonds is 2. The minimum absolute atomic E-state index is 0.0124. The van der Waals surface area contributed by atoms with Crippen molar-refractivity contribution < 1.29 is 9.47 Å². The largest absolute Gasteiger partial charge is 0.372 e. The summed E-state index contributed by atoms with van der Waals surface area (Å²) >= 11 is 0. The van der Waals surface area contributed by atoms with Gasteiger partial charge < -0.3 is 14.3 Å². The molecule has 0 aromatic rings. The molecule has 2 saturated heterocycles. The van der Waals surface area contributed by atoms with E-state index < -0.39 is 0 Å². The highest BCUT2D eigenvalue weighted by Crippen LogP contribution is 2.52. The van der Waals surface area contributed by atoms with Gasteiger partial charge >= 0.3 is 0 Å². The quantitative estimate of drug-likeness (QED) is 0.702. The average molecular weight is 249 g/mol. The van der Waals surface area contributed by atoms with E-state index in [4.69, 9.17) is 16.0 Å². The van der Waals surface area contributed by atoms with Crippen LogP contribution in [0.2, 0.25) is 0 Å². The lowest BCUT2D eigenvalue weighted by Crippen LogP contribution is -2.51. The standard InChI is InChI=1S/C15H23NO2/c1-10-8-15-9-13(11(10)2)17-14(15)5-4-12(18-15)6-7-16-3/h10-14H,4-9H2,1-2H3/t10-,11-,12-,13-,14+,15+/m1/s1. The summed E-state index contributed by atoms with van der Waals surface area (Å²) in [6.07, 6.45) is 6.32. The summed E-state index contributed by atoms with van der Waals surface area (Å²) in [5, 5.41) is 0. The highest BCUT2D eigenvalue weighted by Gasteiger charge is 2.58. The fraction of sp³-hybridized carbons (Fsp3) is 0.933. The van der Waals surface area contributed by atoms with Crippen molar-refractivity contribution in [3.63, 3.8) is 0 Å². The first-order chi connectivity index (χ1) is 8.64. The average Bonchev–Trinajstić information content (AvgIpc) is 2.68. The first-order valence-electron chi connectivity index (χ1n) is 7.31. The fourth-order valence-corrected chi connectivity index (χ4v) is 4.12. The smallest absolute Gasteiger partial charge is 0.217 e. The van der Waals surface area contributed by atoms with Gasteiger partial charge in [-0.25, -0.2) is 6.57 Å². The Hall–Kier alpha value is -0.590. The van der Waals surface area contributed by atoms with Crippen LogP contribution in [-0.2, 0) is 9.47 Å². The Bertz CT molecular complexity index is 364. The van der Waals surface area contributed by atoms with E-state index in [0.29, 0.717) is 36.7 Å². The Balaban J connectivity index is 1.74. The van der Waals surface area contributed by atoms with Gasteiger partial charge in [0.15, 0.2) is 0 Å². The lowest BCUT2D eigenvalue weighted by molar-refractivity contribution is -0.169. The van der Waals surface area contributed by atoms with Gasteiger partial charge in [-0.2, -0.15) is 0 Å². The maximum absolute atomic E-state index is 6.91. The molecule has 0 unspecified atom stereocenters. The molecule has 3 rings (SSSR count). The molecule has 18 heavy (non-hydrogen) atoms. The number of hydrogen-bond donors (Lipinski definition) is 0. The maximum atomic E-state index is 6.91. The van der Waals surface area contributed by atoms with E-state index in [2.05, 4.69) is 18.7 Å². The third-order valence-electron chi connectivity index (χ3n) is 5.34. The molecule has 1 spiro atoms. The predicted octanol–water partition coefficient (Wildman–Crippen LogP) is 3.05. The molecule has 0 radical (unpaired) electrons. The summed E-state index contributed by atoms with van der Waals surface area (Å²) in [5.74, 6) is 1.35. The Kier molecular flexibility index (Phi) is 3.11. The molecule has 3 nitrogen and oxygen atoms in total. The molecule has 2 bridgehead atoms. The van der Waals surface area contributed by atoms with Crippen LogP contribution in [0.1, 0.15) is 46.0 Å². The van der Waals surface area contributed by atoms with Crippen LogP contribution < -0.4 is 0 Å². The van der Waals surface area contributed by atoms with Crippen molar-refractivity contribution in [3.8, 4) is 0 Å². The summed E-state index contributed by atoms with van der Waals surface area (Å²) in [5.41, 5.74) is -0.0124. The van der Waals surface area contributed by atoms with Crippen molar-refractivity contribution in [1.29, 1.82) is 0 Å². The van der Waals surface area contributed by atoms with Gasteiger partial charge in [-0.05, 0) is 31.1 Å². The first-order valence-corrected chi connectivity index (χ1v) is 7.31. The molecule has 3 heteroatoms. The van der Waals surface area contributed by atoms with Crippen LogP contribution in [0.3, 0.4) is 0 Å². The monoisotopic (exact) mass is 249 g/mol. The van der Waals surface area contributed by atoms with E-state index in [0.717, 1.165) is 32.1 Å². The van der Waals surface area contributed by atoms with Crippen LogP contribution in [0, 0.1) is 18.4 Å². The summed E-state index contributed by atoms with van der Waals surface area (Å²) < 4.78 is 12.7. The molecule has 6 atom stereocenters. The van der Waals surface area contributed by atoms with Crippen LogP contribution in [0.25, 0.3) is 4.85 Å². The van der Waals surface area contributed by atoms with Crippen molar-refractivity contribution in [2.24, 2.45) is 11.8 Å². The van der Waals surface area contributed by atoms with Crippen LogP contribution in [0.15, 0.2) is 0 Å². The molecule has 0 N–H and O–H groups in total. The third kappa shape index (κ3) is 1.87. The topological polar surface area (TPSA) is 22.8 Å². The van der Waals surface area contributed by atoms with E-state index in [1.807, 2.05) is 0 Å². The summed E-state index contributed by atoms with van der Waals surface area (Å²) in [6.45, 7) is 12.2. The van der Waals surface area contributed by atoms with Gasteiger partial charge in [0.25, 0.3) is 0 Å². The molecule has 3 fully saturated rings. The molecule has 0 aromatic carbocycles. The summed E-state index contributed by atoms with van der Waals surface area (Å²) in [6, 6.07) is 0. The van der Waals surface area contributed by atoms with Crippen molar-refractivity contribution in [1.82, 2.24) is 0 Å². The maximum Gasteiger partial charge on any atom is 0.217 e. The number of nitrogens with zero attached hydrogens (tertiary/aromatic N) is 1. The summed E-state index contributed by atoms with van der Waals surface area (Å²) in [4.78, 5) is 3.46. The van der Waals surface area contributed by atoms with Gasteiger partial charge in [0, 0.05) is 12.8 Å². The van der Waals surface area contributed by atoms with Crippen LogP contribution in [-0.4, -0.2) is 30.5 Å². The second-order valence-corrected chi connectivity index (χ2v) is 6.46. The second-order valence-electron chi connectivity index (χ2n) is 6.46. The molecule has 1 aliphatic carbocycles. The lowest BCUT2D eigenvalue weighted by atomic mass is 9.70. The molecule has 2 heterocycles. The van der Waals surface area contributed by atoms with Gasteiger partial charge in [-0.15, -0.1) is 0 Å². The fourth-order valence-electron chi connectivity index (χ4n) is 4.12. The van der Waals surface area contributed by atoms with Crippen LogP contribution in [0.4, 0.5) is 0 Å². The molecular weight excluding hydrogens is 226 g/mol. The first kappa shape index (κ1) is 12.4. The van der Waals surface area contributed by atoms with Crippen LogP contribution >= 0.6 is 0 Å². The summed E-state index contributed by atoms with van der Waals surface area (Å²) in [7, 11) is 0. The Labute approximate surface area is 110 Å². The number of ether oxygens (including phenoxy) is 2. The highest BCUT2D eigenvalue weighted by atomic mass is 16.6. The van der Waals surface area contributed by atoms with Gasteiger partial charge in [0.05, 0.1) is 23.9 Å². The van der Waals surface area contributed by atoms with Crippen molar-refractivity contribution in [2.45, 2.75) is 69.9 Å². The number of fused-ring (bicyclic) bond motifs is 1. The van der Waals surface area contributed by atoms with E-state index in [1.54, 1.807) is 0 Å². The SMILES string of the molecule is [C-]#[N+]CC[C@H]1CC[C@@H]2O[C@@H]3C[C@]2(C[C@@H](C)[C@H]3C)O1. The van der Waals surface area contributed by atoms with Gasteiger partial charge in [0.1, 0.15) is 0 Å². The second kappa shape index (κ2) is 4.51. The zero-order valence-corrected chi connectivity index (χ0v) is 11.4. The van der Waals surface area contributed by atoms with Crippen molar-refractivity contribution in [3.05, 3.63) is 11.4 Å². The Morgan fingerprint density at radius 3 is 2.89 bits per heavy atom. The van der Waals surface area contributed by atoms with Crippen molar-refractivity contribution >= 4 is 0 Å².